The molecule has 2 aromatic rings. The summed E-state index contributed by atoms with van der Waals surface area (Å²) in [5.74, 6) is 0.964. The van der Waals surface area contributed by atoms with Gasteiger partial charge in [0.1, 0.15) is 5.75 Å². The van der Waals surface area contributed by atoms with Crippen molar-refractivity contribution in [3.63, 3.8) is 0 Å². The molecule has 0 saturated carbocycles. The number of unbranched alkanes of at least 4 members (excludes halogenated alkanes) is 17. The monoisotopic (exact) mass is 523 g/mol. The van der Waals surface area contributed by atoms with Gasteiger partial charge < -0.3 is 10.1 Å². The number of rotatable bonds is 24. The Balaban J connectivity index is 1.35. The summed E-state index contributed by atoms with van der Waals surface area (Å²) in [4.78, 5) is 0. The van der Waals surface area contributed by atoms with Crippen LogP contribution in [-0.2, 0) is 0 Å². The largest absolute Gasteiger partial charge is 0.494 e. The predicted octanol–water partition coefficient (Wildman–Crippen LogP) is 11.3. The van der Waals surface area contributed by atoms with Crippen LogP contribution in [-0.4, -0.2) is 20.3 Å². The normalized spacial score (nSPS) is 11.3. The van der Waals surface area contributed by atoms with Gasteiger partial charge in [-0.05, 0) is 48.2 Å². The minimum absolute atomic E-state index is 0.139. The van der Waals surface area contributed by atoms with E-state index >= 15 is 0 Å². The van der Waals surface area contributed by atoms with Crippen LogP contribution >= 0.6 is 0 Å². The Morgan fingerprint density at radius 3 is 1.29 bits per heavy atom. The minimum atomic E-state index is -0.139. The first kappa shape index (κ1) is 31.9. The summed E-state index contributed by atoms with van der Waals surface area (Å²) in [5.41, 5.74) is 3.51. The van der Waals surface area contributed by atoms with Crippen molar-refractivity contribution in [1.82, 2.24) is 0 Å². The number of ether oxygens (including phenoxy) is 1. The highest BCUT2D eigenvalue weighted by atomic mass is 19.1. The molecule has 3 heteroatoms. The molecule has 0 radical (unpaired) electrons. The van der Waals surface area contributed by atoms with Crippen LogP contribution in [0.2, 0.25) is 0 Å². The van der Waals surface area contributed by atoms with Crippen LogP contribution in [0.1, 0.15) is 127 Å². The maximum absolute atomic E-state index is 12.0. The Morgan fingerprint density at radius 2 is 0.895 bits per heavy atom. The predicted molar refractivity (Wildman–Crippen MR) is 166 cm³/mol. The molecule has 0 fully saturated rings. The van der Waals surface area contributed by atoms with Gasteiger partial charge in [0.05, 0.1) is 13.3 Å². The number of benzene rings is 2. The van der Waals surface area contributed by atoms with Crippen molar-refractivity contribution in [1.29, 1.82) is 0 Å². The molecule has 0 aliphatic rings. The molecular formula is C35H54FNO. The van der Waals surface area contributed by atoms with Crippen molar-refractivity contribution >= 4 is 17.8 Å². The molecule has 0 aliphatic carbocycles. The molecule has 0 aromatic heterocycles. The quantitative estimate of drug-likeness (QED) is 0.109. The second kappa shape index (κ2) is 22.7. The molecule has 0 atom stereocenters. The zero-order valence-corrected chi connectivity index (χ0v) is 24.2. The molecule has 0 aliphatic heterocycles. The topological polar surface area (TPSA) is 21.3 Å². The maximum atomic E-state index is 12.0. The standard InChI is InChI=1S/C35H54FNO/c1-37-34-26-22-32(23-27-34)20-21-33-24-28-35(29-25-33)38-31-19-17-15-13-11-9-7-5-3-2-4-6-8-10-12-14-16-18-30-36/h20-29,37H,2-19,30-31H2,1H3/b21-20+. The zero-order valence-electron chi connectivity index (χ0n) is 24.2. The Hall–Kier alpha value is -2.29. The van der Waals surface area contributed by atoms with Crippen molar-refractivity contribution in [2.75, 3.05) is 25.6 Å². The van der Waals surface area contributed by atoms with Gasteiger partial charge in [0, 0.05) is 12.7 Å². The lowest BCUT2D eigenvalue weighted by Crippen LogP contribution is -1.97. The van der Waals surface area contributed by atoms with Crippen molar-refractivity contribution in [2.24, 2.45) is 0 Å². The highest BCUT2D eigenvalue weighted by molar-refractivity contribution is 5.70. The number of anilines is 1. The molecule has 38 heavy (non-hydrogen) atoms. The van der Waals surface area contributed by atoms with E-state index in [9.17, 15) is 4.39 Å². The van der Waals surface area contributed by atoms with E-state index in [0.717, 1.165) is 37.3 Å². The van der Waals surface area contributed by atoms with Gasteiger partial charge >= 0.3 is 0 Å². The average molecular weight is 524 g/mol. The lowest BCUT2D eigenvalue weighted by atomic mass is 10.0. The number of alkyl halides is 1. The highest BCUT2D eigenvalue weighted by Crippen LogP contribution is 2.17. The second-order valence-corrected chi connectivity index (χ2v) is 10.7. The van der Waals surface area contributed by atoms with Crippen LogP contribution < -0.4 is 10.1 Å². The summed E-state index contributed by atoms with van der Waals surface area (Å²) < 4.78 is 18.0. The lowest BCUT2D eigenvalue weighted by molar-refractivity contribution is 0.304. The summed E-state index contributed by atoms with van der Waals surface area (Å²) in [6, 6.07) is 16.8. The number of nitrogens with one attached hydrogen (secondary N) is 1. The Bertz CT molecular complexity index is 815. The first-order valence-corrected chi connectivity index (χ1v) is 15.6. The lowest BCUT2D eigenvalue weighted by Gasteiger charge is -2.07. The summed E-state index contributed by atoms with van der Waals surface area (Å²) in [7, 11) is 1.94. The van der Waals surface area contributed by atoms with Crippen LogP contribution in [0.3, 0.4) is 0 Å². The van der Waals surface area contributed by atoms with Gasteiger partial charge in [0.15, 0.2) is 0 Å². The summed E-state index contributed by atoms with van der Waals surface area (Å²) in [6.45, 7) is 0.672. The second-order valence-electron chi connectivity index (χ2n) is 10.7. The van der Waals surface area contributed by atoms with E-state index in [1.54, 1.807) is 0 Å². The molecule has 2 nitrogen and oxygen atoms in total. The van der Waals surface area contributed by atoms with Gasteiger partial charge in [-0.2, -0.15) is 0 Å². The Morgan fingerprint density at radius 1 is 0.526 bits per heavy atom. The van der Waals surface area contributed by atoms with Gasteiger partial charge in [-0.1, -0.05) is 139 Å². The molecule has 1 N–H and O–H groups in total. The maximum Gasteiger partial charge on any atom is 0.119 e. The van der Waals surface area contributed by atoms with Crippen molar-refractivity contribution in [2.45, 2.75) is 116 Å². The Kier molecular flexibility index (Phi) is 19.0. The molecule has 2 rings (SSSR count). The fourth-order valence-corrected chi connectivity index (χ4v) is 4.84. The van der Waals surface area contributed by atoms with Crippen LogP contribution in [0, 0.1) is 0 Å². The van der Waals surface area contributed by atoms with Gasteiger partial charge in [0.2, 0.25) is 0 Å². The minimum Gasteiger partial charge on any atom is -0.494 e. The number of halogens is 1. The summed E-state index contributed by atoms with van der Waals surface area (Å²) in [6.07, 6.45) is 27.7. The van der Waals surface area contributed by atoms with E-state index in [1.165, 1.54) is 107 Å². The van der Waals surface area contributed by atoms with E-state index in [2.05, 4.69) is 66.0 Å². The molecule has 0 amide bonds. The van der Waals surface area contributed by atoms with Crippen molar-refractivity contribution < 1.29 is 9.13 Å². The Labute approximate surface area is 233 Å². The van der Waals surface area contributed by atoms with E-state index in [0.29, 0.717) is 0 Å². The van der Waals surface area contributed by atoms with Crippen LogP contribution in [0.4, 0.5) is 10.1 Å². The van der Waals surface area contributed by atoms with E-state index in [4.69, 9.17) is 4.74 Å². The molecule has 212 valence electrons. The smallest absolute Gasteiger partial charge is 0.119 e. The third-order valence-corrected chi connectivity index (χ3v) is 7.34. The molecule has 2 aromatic carbocycles. The van der Waals surface area contributed by atoms with E-state index in [-0.39, 0.29) is 6.67 Å². The third kappa shape index (κ3) is 16.5. The SMILES string of the molecule is CNc1ccc(/C=C/c2ccc(OCCCCCCCCCCCCCCCCCCCCF)cc2)cc1. The molecular weight excluding hydrogens is 469 g/mol. The highest BCUT2D eigenvalue weighted by Gasteiger charge is 1.97. The van der Waals surface area contributed by atoms with Gasteiger partial charge in [-0.3, -0.25) is 4.39 Å². The fourth-order valence-electron chi connectivity index (χ4n) is 4.84. The molecule has 0 unspecified atom stereocenters. The summed E-state index contributed by atoms with van der Waals surface area (Å²) >= 11 is 0. The van der Waals surface area contributed by atoms with Gasteiger partial charge in [-0.25, -0.2) is 0 Å². The first-order chi connectivity index (χ1) is 18.8. The summed E-state index contributed by atoms with van der Waals surface area (Å²) in [5, 5.41) is 3.14. The zero-order chi connectivity index (χ0) is 26.9. The molecule has 0 bridgehead atoms. The molecule has 0 heterocycles. The van der Waals surface area contributed by atoms with Gasteiger partial charge in [-0.15, -0.1) is 0 Å². The number of hydrogen-bond acceptors (Lipinski definition) is 2. The van der Waals surface area contributed by atoms with Crippen LogP contribution in [0.5, 0.6) is 5.75 Å². The molecule has 0 spiro atoms. The van der Waals surface area contributed by atoms with Crippen LogP contribution in [0.25, 0.3) is 12.2 Å². The number of hydrogen-bond donors (Lipinski definition) is 1. The van der Waals surface area contributed by atoms with Crippen LogP contribution in [0.15, 0.2) is 48.5 Å². The third-order valence-electron chi connectivity index (χ3n) is 7.34. The fraction of sp³-hybridized carbons (Fsp3) is 0.600. The molecule has 0 saturated heterocycles. The van der Waals surface area contributed by atoms with Crippen molar-refractivity contribution in [3.8, 4) is 5.75 Å². The first-order valence-electron chi connectivity index (χ1n) is 15.6. The van der Waals surface area contributed by atoms with Crippen molar-refractivity contribution in [3.05, 3.63) is 59.7 Å². The van der Waals surface area contributed by atoms with E-state index < -0.39 is 0 Å². The van der Waals surface area contributed by atoms with Gasteiger partial charge in [0.25, 0.3) is 0 Å². The van der Waals surface area contributed by atoms with E-state index in [1.807, 2.05) is 7.05 Å². The average Bonchev–Trinajstić information content (AvgIpc) is 2.96.